The lowest BCUT2D eigenvalue weighted by Crippen LogP contribution is -2.01. The number of nitrogen functional groups attached to an aromatic ring is 1. The largest absolute Gasteiger partial charge is 0.384 e. The van der Waals surface area contributed by atoms with Gasteiger partial charge < -0.3 is 5.73 Å². The molecule has 72 valence electrons. The molecule has 6 heteroatoms. The summed E-state index contributed by atoms with van der Waals surface area (Å²) in [5, 5.41) is 0.320. The second-order valence-corrected chi connectivity index (χ2v) is 3.74. The number of alkyl halides is 3. The highest BCUT2D eigenvalue weighted by Crippen LogP contribution is 2.30. The SMILES string of the molecule is Nc1cc(Br)c(CBr)c(C(F)F)n1. The molecule has 0 atom stereocenters. The topological polar surface area (TPSA) is 38.9 Å². The first-order valence-electron chi connectivity index (χ1n) is 3.35. The maximum atomic E-state index is 12.4. The molecule has 2 N–H and O–H groups in total. The van der Waals surface area contributed by atoms with Crippen LogP contribution in [0.2, 0.25) is 0 Å². The molecular weight excluding hydrogens is 310 g/mol. The minimum absolute atomic E-state index is 0.0897. The Kier molecular flexibility index (Phi) is 3.61. The van der Waals surface area contributed by atoms with Crippen LogP contribution in [0.25, 0.3) is 0 Å². The molecule has 1 aromatic heterocycles. The Morgan fingerprint density at radius 2 is 2.15 bits per heavy atom. The second kappa shape index (κ2) is 4.32. The number of rotatable bonds is 2. The fraction of sp³-hybridized carbons (Fsp3) is 0.286. The van der Waals surface area contributed by atoms with Gasteiger partial charge in [0, 0.05) is 15.4 Å². The number of aromatic nitrogens is 1. The smallest absolute Gasteiger partial charge is 0.280 e. The third-order valence-corrected chi connectivity index (χ3v) is 2.73. The first-order valence-corrected chi connectivity index (χ1v) is 5.26. The van der Waals surface area contributed by atoms with Crippen LogP contribution in [0.4, 0.5) is 14.6 Å². The van der Waals surface area contributed by atoms with Crippen molar-refractivity contribution in [2.45, 2.75) is 11.8 Å². The number of hydrogen-bond donors (Lipinski definition) is 1. The summed E-state index contributed by atoms with van der Waals surface area (Å²) in [5.74, 6) is 0.0897. The van der Waals surface area contributed by atoms with E-state index in [1.807, 2.05) is 0 Å². The first-order chi connectivity index (χ1) is 6.06. The fourth-order valence-electron chi connectivity index (χ4n) is 0.891. The lowest BCUT2D eigenvalue weighted by Gasteiger charge is -2.08. The zero-order valence-electron chi connectivity index (χ0n) is 6.40. The molecule has 0 spiro atoms. The molecule has 2 nitrogen and oxygen atoms in total. The van der Waals surface area contributed by atoms with Crippen LogP contribution in [0.15, 0.2) is 10.5 Å². The monoisotopic (exact) mass is 314 g/mol. The van der Waals surface area contributed by atoms with E-state index in [0.29, 0.717) is 15.4 Å². The number of hydrogen-bond acceptors (Lipinski definition) is 2. The summed E-state index contributed by atoms with van der Waals surface area (Å²) >= 11 is 6.25. The molecule has 1 heterocycles. The summed E-state index contributed by atoms with van der Waals surface area (Å²) in [6, 6.07) is 1.50. The Morgan fingerprint density at radius 3 is 2.62 bits per heavy atom. The Labute approximate surface area is 90.8 Å². The maximum absolute atomic E-state index is 12.4. The highest BCUT2D eigenvalue weighted by molar-refractivity contribution is 9.10. The normalized spacial score (nSPS) is 10.8. The quantitative estimate of drug-likeness (QED) is 0.851. The Balaban J connectivity index is 3.29. The van der Waals surface area contributed by atoms with Crippen LogP contribution < -0.4 is 5.73 Å². The van der Waals surface area contributed by atoms with Crippen molar-refractivity contribution < 1.29 is 8.78 Å². The van der Waals surface area contributed by atoms with Crippen molar-refractivity contribution in [2.75, 3.05) is 5.73 Å². The van der Waals surface area contributed by atoms with Gasteiger partial charge in [-0.25, -0.2) is 13.8 Å². The van der Waals surface area contributed by atoms with Gasteiger partial charge in [0.1, 0.15) is 11.5 Å². The standard InChI is InChI=1S/C7H6Br2F2N2/c8-2-3-4(9)1-5(12)13-6(3)7(10)11/h1,7H,2H2,(H2,12,13). The molecular formula is C7H6Br2F2N2. The predicted molar refractivity (Wildman–Crippen MR) is 53.9 cm³/mol. The highest BCUT2D eigenvalue weighted by atomic mass is 79.9. The van der Waals surface area contributed by atoms with Crippen LogP contribution in [0, 0.1) is 0 Å². The molecule has 0 amide bonds. The van der Waals surface area contributed by atoms with Crippen LogP contribution in [-0.2, 0) is 5.33 Å². The highest BCUT2D eigenvalue weighted by Gasteiger charge is 2.17. The Bertz CT molecular complexity index is 318. The molecule has 0 saturated heterocycles. The maximum Gasteiger partial charge on any atom is 0.280 e. The molecule has 0 aliphatic carbocycles. The van der Waals surface area contributed by atoms with E-state index in [9.17, 15) is 8.78 Å². The van der Waals surface area contributed by atoms with Crippen molar-refractivity contribution in [3.63, 3.8) is 0 Å². The lowest BCUT2D eigenvalue weighted by atomic mass is 10.2. The number of nitrogens with two attached hydrogens (primary N) is 1. The Hall–Kier alpha value is -0.230. The van der Waals surface area contributed by atoms with Crippen LogP contribution >= 0.6 is 31.9 Å². The zero-order chi connectivity index (χ0) is 10.0. The predicted octanol–water partition coefficient (Wildman–Crippen LogP) is 3.26. The molecule has 13 heavy (non-hydrogen) atoms. The molecule has 1 aromatic rings. The second-order valence-electron chi connectivity index (χ2n) is 2.33. The van der Waals surface area contributed by atoms with Gasteiger partial charge in [0.05, 0.1) is 0 Å². The molecule has 0 aliphatic rings. The molecule has 0 saturated carbocycles. The van der Waals surface area contributed by atoms with E-state index in [0.717, 1.165) is 0 Å². The van der Waals surface area contributed by atoms with Gasteiger partial charge >= 0.3 is 0 Å². The average molecular weight is 316 g/mol. The summed E-state index contributed by atoms with van der Waals surface area (Å²) < 4.78 is 25.4. The average Bonchev–Trinajstić information content (AvgIpc) is 2.02. The zero-order valence-corrected chi connectivity index (χ0v) is 9.57. The Morgan fingerprint density at radius 1 is 1.54 bits per heavy atom. The molecule has 0 aromatic carbocycles. The van der Waals surface area contributed by atoms with Crippen molar-refractivity contribution >= 4 is 37.7 Å². The number of nitrogens with zero attached hydrogens (tertiary/aromatic N) is 1. The van der Waals surface area contributed by atoms with E-state index < -0.39 is 6.43 Å². The van der Waals surface area contributed by atoms with Crippen LogP contribution in [0.3, 0.4) is 0 Å². The number of pyridine rings is 1. The van der Waals surface area contributed by atoms with Gasteiger partial charge in [-0.05, 0) is 6.07 Å². The number of halogens is 4. The minimum atomic E-state index is -2.60. The van der Waals surface area contributed by atoms with Gasteiger partial charge in [0.25, 0.3) is 6.43 Å². The molecule has 0 bridgehead atoms. The van der Waals surface area contributed by atoms with Gasteiger partial charge in [-0.1, -0.05) is 31.9 Å². The summed E-state index contributed by atoms with van der Waals surface area (Å²) in [6.07, 6.45) is -2.60. The van der Waals surface area contributed by atoms with Crippen LogP contribution in [0.1, 0.15) is 17.7 Å². The summed E-state index contributed by atoms with van der Waals surface area (Å²) in [4.78, 5) is 3.57. The van der Waals surface area contributed by atoms with Crippen molar-refractivity contribution in [3.8, 4) is 0 Å². The van der Waals surface area contributed by atoms with E-state index in [2.05, 4.69) is 36.8 Å². The number of anilines is 1. The van der Waals surface area contributed by atoms with Crippen molar-refractivity contribution in [2.24, 2.45) is 0 Å². The third kappa shape index (κ3) is 2.37. The van der Waals surface area contributed by atoms with Crippen LogP contribution in [-0.4, -0.2) is 4.98 Å². The lowest BCUT2D eigenvalue weighted by molar-refractivity contribution is 0.145. The molecule has 0 radical (unpaired) electrons. The van der Waals surface area contributed by atoms with E-state index >= 15 is 0 Å². The van der Waals surface area contributed by atoms with E-state index in [-0.39, 0.29) is 11.5 Å². The van der Waals surface area contributed by atoms with Crippen LogP contribution in [0.5, 0.6) is 0 Å². The van der Waals surface area contributed by atoms with Gasteiger partial charge in [-0.3, -0.25) is 0 Å². The van der Waals surface area contributed by atoms with E-state index in [1.165, 1.54) is 6.07 Å². The summed E-state index contributed by atoms with van der Waals surface area (Å²) in [6.45, 7) is 0. The third-order valence-electron chi connectivity index (χ3n) is 1.46. The first kappa shape index (κ1) is 10.8. The van der Waals surface area contributed by atoms with E-state index in [4.69, 9.17) is 5.73 Å². The molecule has 0 aliphatic heterocycles. The minimum Gasteiger partial charge on any atom is -0.384 e. The van der Waals surface area contributed by atoms with Gasteiger partial charge in [0.2, 0.25) is 0 Å². The molecule has 1 rings (SSSR count). The molecule has 0 unspecified atom stereocenters. The summed E-state index contributed by atoms with van der Waals surface area (Å²) in [7, 11) is 0. The van der Waals surface area contributed by atoms with Gasteiger partial charge in [-0.2, -0.15) is 0 Å². The molecule has 0 fully saturated rings. The van der Waals surface area contributed by atoms with Gasteiger partial charge in [-0.15, -0.1) is 0 Å². The van der Waals surface area contributed by atoms with Crippen molar-refractivity contribution in [1.82, 2.24) is 4.98 Å². The van der Waals surface area contributed by atoms with Gasteiger partial charge in [0.15, 0.2) is 0 Å². The fourth-order valence-corrected chi connectivity index (χ4v) is 2.43. The van der Waals surface area contributed by atoms with Crippen molar-refractivity contribution in [1.29, 1.82) is 0 Å². The van der Waals surface area contributed by atoms with E-state index in [1.54, 1.807) is 0 Å². The van der Waals surface area contributed by atoms with Crippen molar-refractivity contribution in [3.05, 3.63) is 21.8 Å². The summed E-state index contributed by atoms with van der Waals surface area (Å²) in [5.41, 5.74) is 5.49.